The summed E-state index contributed by atoms with van der Waals surface area (Å²) in [4.78, 5) is 18.8. The molecule has 3 aromatic rings. The number of aryl methyl sites for hydroxylation is 3. The number of nitro benzene ring substituents is 1. The molecular formula is C22H22Cl3N3O6S. The Morgan fingerprint density at radius 3 is 2.20 bits per heavy atom. The van der Waals surface area contributed by atoms with Crippen molar-refractivity contribution in [3.8, 4) is 11.5 Å². The van der Waals surface area contributed by atoms with E-state index in [0.29, 0.717) is 10.8 Å². The second kappa shape index (κ2) is 15.0. The summed E-state index contributed by atoms with van der Waals surface area (Å²) in [6.07, 6.45) is 6.46. The molecule has 1 N–H and O–H groups in total. The molecule has 35 heavy (non-hydrogen) atoms. The van der Waals surface area contributed by atoms with Crippen molar-refractivity contribution in [3.63, 3.8) is 0 Å². The largest absolute Gasteiger partial charge is 0.454 e. The average molecular weight is 563 g/mol. The number of benzene rings is 2. The fourth-order valence-electron chi connectivity index (χ4n) is 2.95. The van der Waals surface area contributed by atoms with Gasteiger partial charge in [0.2, 0.25) is 0 Å². The molecule has 0 unspecified atom stereocenters. The zero-order valence-corrected chi connectivity index (χ0v) is 21.8. The van der Waals surface area contributed by atoms with E-state index in [0.717, 1.165) is 54.7 Å². The third-order valence-electron chi connectivity index (χ3n) is 4.58. The minimum absolute atomic E-state index is 0.0754. The van der Waals surface area contributed by atoms with Gasteiger partial charge in [0.1, 0.15) is 12.1 Å². The molecule has 1 heterocycles. The third-order valence-corrected chi connectivity index (χ3v) is 5.78. The Morgan fingerprint density at radius 2 is 1.69 bits per heavy atom. The number of nitro groups is 1. The van der Waals surface area contributed by atoms with Gasteiger partial charge < -0.3 is 4.74 Å². The molecule has 0 amide bonds. The first kappa shape index (κ1) is 29.1. The highest BCUT2D eigenvalue weighted by Crippen LogP contribution is 2.39. The molecule has 0 saturated heterocycles. The summed E-state index contributed by atoms with van der Waals surface area (Å²) >= 11 is 19.4. The Hall–Kier alpha value is -2.18. The van der Waals surface area contributed by atoms with Crippen LogP contribution in [-0.2, 0) is 28.6 Å². The van der Waals surface area contributed by atoms with E-state index in [-0.39, 0.29) is 21.5 Å². The minimum atomic E-state index is -0.561. The van der Waals surface area contributed by atoms with E-state index in [4.69, 9.17) is 44.8 Å². The van der Waals surface area contributed by atoms with E-state index in [1.165, 1.54) is 12.1 Å². The molecule has 0 atom stereocenters. The van der Waals surface area contributed by atoms with Crippen LogP contribution in [0.15, 0.2) is 42.7 Å². The molecule has 9 nitrogen and oxygen atoms in total. The number of halogens is 3. The van der Waals surface area contributed by atoms with Gasteiger partial charge in [-0.05, 0) is 43.4 Å². The van der Waals surface area contributed by atoms with Crippen LogP contribution in [0.1, 0.15) is 30.3 Å². The first-order chi connectivity index (χ1) is 16.8. The highest BCUT2D eigenvalue weighted by Gasteiger charge is 2.16. The summed E-state index contributed by atoms with van der Waals surface area (Å²) in [5, 5.41) is 22.2. The lowest BCUT2D eigenvalue weighted by Gasteiger charge is -2.10. The van der Waals surface area contributed by atoms with Gasteiger partial charge in [-0.3, -0.25) is 10.1 Å². The van der Waals surface area contributed by atoms with Crippen molar-refractivity contribution in [3.05, 3.63) is 84.9 Å². The lowest BCUT2D eigenvalue weighted by molar-refractivity contribution is -0.432. The maximum absolute atomic E-state index is 10.9. The lowest BCUT2D eigenvalue weighted by atomic mass is 10.1. The van der Waals surface area contributed by atoms with Crippen molar-refractivity contribution < 1.29 is 24.3 Å². The highest BCUT2D eigenvalue weighted by molar-refractivity contribution is 7.93. The van der Waals surface area contributed by atoms with Gasteiger partial charge in [-0.1, -0.05) is 58.9 Å². The van der Waals surface area contributed by atoms with Crippen LogP contribution in [0.2, 0.25) is 15.1 Å². The summed E-state index contributed by atoms with van der Waals surface area (Å²) in [5.41, 5.74) is 2.67. The fraction of sp³-hybridized carbons (Fsp3) is 0.273. The molecule has 0 radical (unpaired) electrons. The predicted molar refractivity (Wildman–Crippen MR) is 136 cm³/mol. The second-order valence-electron chi connectivity index (χ2n) is 6.84. The molecule has 0 spiro atoms. The average Bonchev–Trinajstić information content (AvgIpc) is 2.84. The number of ether oxygens (including phenoxy) is 1. The second-order valence-corrected chi connectivity index (χ2v) is 8.50. The van der Waals surface area contributed by atoms with Crippen LogP contribution in [0.25, 0.3) is 0 Å². The van der Waals surface area contributed by atoms with Gasteiger partial charge in [0, 0.05) is 30.4 Å². The van der Waals surface area contributed by atoms with Crippen LogP contribution in [-0.4, -0.2) is 26.4 Å². The molecule has 188 valence electrons. The molecule has 0 saturated carbocycles. The van der Waals surface area contributed by atoms with Crippen LogP contribution < -0.4 is 4.74 Å². The minimum Gasteiger partial charge on any atom is -0.454 e. The van der Waals surface area contributed by atoms with E-state index < -0.39 is 4.92 Å². The zero-order chi connectivity index (χ0) is 25.8. The van der Waals surface area contributed by atoms with Gasteiger partial charge in [-0.2, -0.15) is 0 Å². The van der Waals surface area contributed by atoms with Crippen LogP contribution in [0.3, 0.4) is 0 Å². The Morgan fingerprint density at radius 1 is 1.06 bits per heavy atom. The van der Waals surface area contributed by atoms with Crippen molar-refractivity contribution >= 4 is 52.5 Å². The van der Waals surface area contributed by atoms with E-state index in [9.17, 15) is 10.1 Å². The van der Waals surface area contributed by atoms with Crippen LogP contribution >= 0.6 is 46.8 Å². The van der Waals surface area contributed by atoms with Crippen molar-refractivity contribution in [1.82, 2.24) is 9.97 Å². The van der Waals surface area contributed by atoms with Crippen molar-refractivity contribution in [2.45, 2.75) is 32.6 Å². The van der Waals surface area contributed by atoms with Gasteiger partial charge in [-0.25, -0.2) is 15.2 Å². The molecule has 2 aromatic carbocycles. The summed E-state index contributed by atoms with van der Waals surface area (Å²) in [6, 6.07) is 9.91. The number of hydrogen-bond donors (Lipinski definition) is 1. The predicted octanol–water partition coefficient (Wildman–Crippen LogP) is 7.56. The summed E-state index contributed by atoms with van der Waals surface area (Å²) < 4.78 is 9.53. The summed E-state index contributed by atoms with van der Waals surface area (Å²) in [5.74, 6) is 0.713. The standard InChI is InChI=1S/C21H18Cl3N3O3.CH4O3S/c1-2-18-20(24)19(26-12-25-18)5-3-4-13-6-8-15(9-7-13)30-21-16(22)10-14(27(28)29)11-17(21)23;1-5-4-3-2/h6-12H,2-5H2,1H3;2H,1H3. The van der Waals surface area contributed by atoms with E-state index in [2.05, 4.69) is 19.3 Å². The van der Waals surface area contributed by atoms with Gasteiger partial charge in [0.15, 0.2) is 5.75 Å². The van der Waals surface area contributed by atoms with Crippen LogP contribution in [0.5, 0.6) is 11.5 Å². The molecule has 13 heteroatoms. The first-order valence-electron chi connectivity index (χ1n) is 10.2. The number of aromatic nitrogens is 2. The molecule has 1 aromatic heterocycles. The molecule has 0 aliphatic heterocycles. The quantitative estimate of drug-likeness (QED) is 0.116. The van der Waals surface area contributed by atoms with E-state index in [1.54, 1.807) is 24.7 Å². The molecule has 0 aliphatic carbocycles. The zero-order valence-electron chi connectivity index (χ0n) is 18.7. The Kier molecular flexibility index (Phi) is 12.5. The number of rotatable bonds is 10. The van der Waals surface area contributed by atoms with Crippen molar-refractivity contribution in [1.29, 1.82) is 0 Å². The molecule has 0 fully saturated rings. The number of hydrogen-bond acceptors (Lipinski definition) is 9. The van der Waals surface area contributed by atoms with Crippen LogP contribution in [0, 0.1) is 10.1 Å². The third kappa shape index (κ3) is 9.08. The SMILES string of the molecule is CCc1ncnc(CCCc2ccc(Oc3c(Cl)cc([N+](=O)[O-])cc3Cl)cc2)c1Cl.CSOOO. The Balaban J connectivity index is 0.000000784. The fourth-order valence-corrected chi connectivity index (χ4v) is 3.89. The van der Waals surface area contributed by atoms with E-state index in [1.807, 2.05) is 19.1 Å². The summed E-state index contributed by atoms with van der Waals surface area (Å²) in [6.45, 7) is 2.01. The van der Waals surface area contributed by atoms with Gasteiger partial charge in [0.25, 0.3) is 5.69 Å². The first-order valence-corrected chi connectivity index (χ1v) is 12.5. The number of nitrogens with zero attached hydrogens (tertiary/aromatic N) is 3. The van der Waals surface area contributed by atoms with Gasteiger partial charge >= 0.3 is 0 Å². The van der Waals surface area contributed by atoms with Gasteiger partial charge in [-0.15, -0.1) is 4.33 Å². The molecule has 0 aliphatic rings. The maximum atomic E-state index is 10.9. The monoisotopic (exact) mass is 561 g/mol. The normalized spacial score (nSPS) is 10.5. The maximum Gasteiger partial charge on any atom is 0.272 e. The van der Waals surface area contributed by atoms with E-state index >= 15 is 0 Å². The van der Waals surface area contributed by atoms with Crippen molar-refractivity contribution in [2.75, 3.05) is 6.26 Å². The van der Waals surface area contributed by atoms with Crippen LogP contribution in [0.4, 0.5) is 5.69 Å². The Bertz CT molecular complexity index is 1100. The smallest absolute Gasteiger partial charge is 0.272 e. The lowest BCUT2D eigenvalue weighted by Crippen LogP contribution is -1.99. The number of non-ortho nitro benzene ring substituents is 1. The molecular weight excluding hydrogens is 541 g/mol. The van der Waals surface area contributed by atoms with Gasteiger partial charge in [0.05, 0.1) is 31.4 Å². The topological polar surface area (TPSA) is 117 Å². The molecule has 3 rings (SSSR count). The van der Waals surface area contributed by atoms with Crippen molar-refractivity contribution in [2.24, 2.45) is 0 Å². The highest BCUT2D eigenvalue weighted by atomic mass is 35.5. The summed E-state index contributed by atoms with van der Waals surface area (Å²) in [7, 11) is 0. The molecule has 0 bridgehead atoms. The Labute approximate surface area is 221 Å².